The van der Waals surface area contributed by atoms with Gasteiger partial charge in [-0.25, -0.2) is 0 Å². The van der Waals surface area contributed by atoms with Crippen LogP contribution in [0.2, 0.25) is 0 Å². The predicted octanol–water partition coefficient (Wildman–Crippen LogP) is 4.60. The molecule has 3 heteroatoms. The number of halogens is 3. The van der Waals surface area contributed by atoms with Crippen LogP contribution in [0.15, 0.2) is 42.5 Å². The Balaban J connectivity index is 2.10. The molecule has 2 aromatic rings. The minimum absolute atomic E-state index is 0.562. The van der Waals surface area contributed by atoms with Crippen LogP contribution in [0.1, 0.15) is 34.7 Å². The van der Waals surface area contributed by atoms with Crippen molar-refractivity contribution in [3.63, 3.8) is 0 Å². The van der Waals surface area contributed by atoms with E-state index in [0.29, 0.717) is 6.42 Å². The minimum Gasteiger partial charge on any atom is -0.166 e. The van der Waals surface area contributed by atoms with Crippen molar-refractivity contribution in [1.82, 2.24) is 0 Å². The molecule has 2 aromatic carbocycles. The normalized spacial score (nSPS) is 14.0. The van der Waals surface area contributed by atoms with E-state index in [-0.39, 0.29) is 0 Å². The molecule has 0 radical (unpaired) electrons. The molecule has 0 fully saturated rings. The van der Waals surface area contributed by atoms with Gasteiger partial charge < -0.3 is 0 Å². The van der Waals surface area contributed by atoms with Gasteiger partial charge in [0.25, 0.3) is 0 Å². The number of hydrogen-bond donors (Lipinski definition) is 0. The Bertz CT molecular complexity index is 626. The summed E-state index contributed by atoms with van der Waals surface area (Å²) in [5.74, 6) is 1.05. The van der Waals surface area contributed by atoms with E-state index in [1.807, 2.05) is 31.2 Å². The Hall–Kier alpha value is -1.90. The predicted molar refractivity (Wildman–Crippen MR) is 67.8 cm³/mol. The Morgan fingerprint density at radius 2 is 1.63 bits per heavy atom. The number of fused-ring (bicyclic) bond motifs is 2. The minimum atomic E-state index is -4.28. The molecule has 0 saturated heterocycles. The molecule has 0 aromatic heterocycles. The van der Waals surface area contributed by atoms with Crippen LogP contribution in [0.3, 0.4) is 0 Å². The fourth-order valence-corrected chi connectivity index (χ4v) is 2.67. The lowest BCUT2D eigenvalue weighted by Gasteiger charge is -2.20. The molecular formula is C16H12F3+. The fourth-order valence-electron chi connectivity index (χ4n) is 2.67. The van der Waals surface area contributed by atoms with Gasteiger partial charge in [-0.1, -0.05) is 0 Å². The van der Waals surface area contributed by atoms with Crippen LogP contribution in [-0.4, -0.2) is 0 Å². The summed E-state index contributed by atoms with van der Waals surface area (Å²) >= 11 is 0. The molecule has 1 aliphatic carbocycles. The van der Waals surface area contributed by atoms with Crippen molar-refractivity contribution in [1.29, 1.82) is 0 Å². The average molecular weight is 261 g/mol. The highest BCUT2D eigenvalue weighted by atomic mass is 19.4. The van der Waals surface area contributed by atoms with Gasteiger partial charge in [0, 0.05) is 29.2 Å². The average Bonchev–Trinajstić information content (AvgIpc) is 2.37. The second kappa shape index (κ2) is 4.05. The van der Waals surface area contributed by atoms with Crippen LogP contribution in [0.4, 0.5) is 13.2 Å². The lowest BCUT2D eigenvalue weighted by atomic mass is 9.78. The van der Waals surface area contributed by atoms with E-state index in [1.54, 1.807) is 6.07 Å². The van der Waals surface area contributed by atoms with E-state index in [4.69, 9.17) is 0 Å². The summed E-state index contributed by atoms with van der Waals surface area (Å²) in [7, 11) is 0. The van der Waals surface area contributed by atoms with Crippen molar-refractivity contribution >= 4 is 0 Å². The molecule has 0 N–H and O–H groups in total. The maximum Gasteiger partial charge on any atom is 0.417 e. The SMILES string of the molecule is C[C+]1c2ccccc2Cc2cc(C(F)(F)F)ccc21. The van der Waals surface area contributed by atoms with Crippen LogP contribution < -0.4 is 0 Å². The van der Waals surface area contributed by atoms with E-state index in [2.05, 4.69) is 0 Å². The molecule has 0 unspecified atom stereocenters. The Morgan fingerprint density at radius 1 is 0.947 bits per heavy atom. The van der Waals surface area contributed by atoms with Gasteiger partial charge in [-0.3, -0.25) is 0 Å². The Labute approximate surface area is 109 Å². The first-order valence-electron chi connectivity index (χ1n) is 6.09. The third kappa shape index (κ3) is 1.99. The van der Waals surface area contributed by atoms with Crippen molar-refractivity contribution < 1.29 is 13.2 Å². The van der Waals surface area contributed by atoms with Gasteiger partial charge in [-0.15, -0.1) is 0 Å². The van der Waals surface area contributed by atoms with E-state index in [9.17, 15) is 13.2 Å². The van der Waals surface area contributed by atoms with Crippen molar-refractivity contribution in [2.24, 2.45) is 0 Å². The Morgan fingerprint density at radius 3 is 2.37 bits per heavy atom. The van der Waals surface area contributed by atoms with Gasteiger partial charge in [0.15, 0.2) is 0 Å². The second-order valence-electron chi connectivity index (χ2n) is 4.83. The van der Waals surface area contributed by atoms with Crippen molar-refractivity contribution in [3.8, 4) is 0 Å². The molecule has 0 bridgehead atoms. The summed E-state index contributed by atoms with van der Waals surface area (Å²) in [6.07, 6.45) is -3.72. The summed E-state index contributed by atoms with van der Waals surface area (Å²) in [4.78, 5) is 0. The third-order valence-electron chi connectivity index (χ3n) is 3.64. The summed E-state index contributed by atoms with van der Waals surface area (Å²) in [6.45, 7) is 1.96. The van der Waals surface area contributed by atoms with Crippen LogP contribution in [0, 0.1) is 5.92 Å². The molecule has 0 spiro atoms. The number of hydrogen-bond acceptors (Lipinski definition) is 0. The van der Waals surface area contributed by atoms with Gasteiger partial charge in [0.1, 0.15) is 0 Å². The fraction of sp³-hybridized carbons (Fsp3) is 0.188. The highest BCUT2D eigenvalue weighted by molar-refractivity contribution is 5.58. The number of benzene rings is 2. The summed E-state index contributed by atoms with van der Waals surface area (Å²) in [6, 6.07) is 11.9. The monoisotopic (exact) mass is 261 g/mol. The first-order valence-corrected chi connectivity index (χ1v) is 6.09. The second-order valence-corrected chi connectivity index (χ2v) is 4.83. The van der Waals surface area contributed by atoms with Gasteiger partial charge in [-0.05, 0) is 37.3 Å². The summed E-state index contributed by atoms with van der Waals surface area (Å²) in [5, 5.41) is 0. The largest absolute Gasteiger partial charge is 0.417 e. The lowest BCUT2D eigenvalue weighted by molar-refractivity contribution is -0.137. The summed E-state index contributed by atoms with van der Waals surface area (Å²) < 4.78 is 38.2. The highest BCUT2D eigenvalue weighted by Gasteiger charge is 2.35. The molecule has 96 valence electrons. The number of alkyl halides is 3. The molecule has 0 nitrogen and oxygen atoms in total. The zero-order valence-electron chi connectivity index (χ0n) is 10.4. The third-order valence-corrected chi connectivity index (χ3v) is 3.64. The van der Waals surface area contributed by atoms with Crippen molar-refractivity contribution in [2.45, 2.75) is 19.5 Å². The van der Waals surface area contributed by atoms with E-state index in [1.165, 1.54) is 6.07 Å². The van der Waals surface area contributed by atoms with Crippen molar-refractivity contribution in [2.75, 3.05) is 0 Å². The smallest absolute Gasteiger partial charge is 0.166 e. The highest BCUT2D eigenvalue weighted by Crippen LogP contribution is 2.38. The molecule has 0 amide bonds. The van der Waals surface area contributed by atoms with E-state index < -0.39 is 11.7 Å². The molecule has 0 aliphatic heterocycles. The van der Waals surface area contributed by atoms with Gasteiger partial charge in [0.05, 0.1) is 23.1 Å². The first-order chi connectivity index (χ1) is 8.97. The summed E-state index contributed by atoms with van der Waals surface area (Å²) in [5.41, 5.74) is 3.33. The van der Waals surface area contributed by atoms with Crippen LogP contribution in [-0.2, 0) is 12.6 Å². The molecule has 19 heavy (non-hydrogen) atoms. The van der Waals surface area contributed by atoms with E-state index >= 15 is 0 Å². The molecule has 0 heterocycles. The Kier molecular flexibility index (Phi) is 2.59. The van der Waals surface area contributed by atoms with E-state index in [0.717, 1.165) is 34.2 Å². The van der Waals surface area contributed by atoms with Gasteiger partial charge in [-0.2, -0.15) is 13.2 Å². The van der Waals surface area contributed by atoms with Gasteiger partial charge >= 0.3 is 6.18 Å². The topological polar surface area (TPSA) is 0 Å². The maximum atomic E-state index is 12.7. The molecule has 3 rings (SSSR count). The zero-order valence-corrected chi connectivity index (χ0v) is 10.4. The molecule has 0 saturated carbocycles. The molecule has 0 atom stereocenters. The zero-order chi connectivity index (χ0) is 13.6. The maximum absolute atomic E-state index is 12.7. The van der Waals surface area contributed by atoms with Crippen molar-refractivity contribution in [3.05, 3.63) is 76.2 Å². The van der Waals surface area contributed by atoms with Crippen LogP contribution in [0.25, 0.3) is 0 Å². The lowest BCUT2D eigenvalue weighted by Crippen LogP contribution is -2.14. The number of rotatable bonds is 0. The quantitative estimate of drug-likeness (QED) is 0.608. The molecule has 1 aliphatic rings. The van der Waals surface area contributed by atoms with Crippen LogP contribution in [0.5, 0.6) is 0 Å². The van der Waals surface area contributed by atoms with Gasteiger partial charge in [0.2, 0.25) is 0 Å². The standard InChI is InChI=1S/C16H12F3/c1-10-14-5-3-2-4-11(14)8-12-9-13(16(17,18)19)6-7-15(10)12/h2-7,9H,8H2,1H3/q+1. The first kappa shape index (κ1) is 12.2. The van der Waals surface area contributed by atoms with Crippen LogP contribution >= 0.6 is 0 Å². The molecular weight excluding hydrogens is 249 g/mol.